The Kier molecular flexibility index (Phi) is 4.26. The van der Waals surface area contributed by atoms with Crippen molar-refractivity contribution in [3.63, 3.8) is 0 Å². The molecule has 2 atom stereocenters. The molecule has 2 unspecified atom stereocenters. The predicted octanol–water partition coefficient (Wildman–Crippen LogP) is 2.62. The number of benzene rings is 1. The zero-order valence-corrected chi connectivity index (χ0v) is 9.41. The second-order valence-corrected chi connectivity index (χ2v) is 4.13. The van der Waals surface area contributed by atoms with Crippen LogP contribution in [0.2, 0.25) is 5.02 Å². The topological polar surface area (TPSA) is 57.5 Å². The third-order valence-corrected chi connectivity index (χ3v) is 2.49. The summed E-state index contributed by atoms with van der Waals surface area (Å²) >= 11 is 5.63. The second-order valence-electron chi connectivity index (χ2n) is 3.69. The molecular formula is C11H12ClFO3. The van der Waals surface area contributed by atoms with Crippen molar-refractivity contribution in [2.75, 3.05) is 0 Å². The number of carboxylic acid groups (broad SMARTS) is 1. The molecule has 1 aromatic rings. The molecule has 0 radical (unpaired) electrons. The summed E-state index contributed by atoms with van der Waals surface area (Å²) in [5, 5.41) is 18.6. The zero-order valence-electron chi connectivity index (χ0n) is 8.65. The minimum Gasteiger partial charge on any atom is -0.481 e. The van der Waals surface area contributed by atoms with Crippen LogP contribution in [0.1, 0.15) is 25.0 Å². The highest BCUT2D eigenvalue weighted by atomic mass is 35.5. The van der Waals surface area contributed by atoms with Gasteiger partial charge in [0.15, 0.2) is 0 Å². The van der Waals surface area contributed by atoms with Gasteiger partial charge in [-0.25, -0.2) is 4.39 Å². The summed E-state index contributed by atoms with van der Waals surface area (Å²) < 4.78 is 13.0. The van der Waals surface area contributed by atoms with Crippen molar-refractivity contribution in [3.8, 4) is 0 Å². The quantitative estimate of drug-likeness (QED) is 0.859. The number of aliphatic hydroxyl groups is 1. The number of aliphatic carboxylic acids is 1. The third kappa shape index (κ3) is 3.47. The summed E-state index contributed by atoms with van der Waals surface area (Å²) in [6, 6.07) is 3.69. The Morgan fingerprint density at radius 3 is 2.62 bits per heavy atom. The van der Waals surface area contributed by atoms with E-state index in [1.807, 2.05) is 0 Å². The van der Waals surface area contributed by atoms with Gasteiger partial charge >= 0.3 is 5.97 Å². The molecule has 2 N–H and O–H groups in total. The van der Waals surface area contributed by atoms with E-state index in [1.165, 1.54) is 13.0 Å². The number of carbonyl (C=O) groups is 1. The minimum absolute atomic E-state index is 0.0229. The van der Waals surface area contributed by atoms with Gasteiger partial charge in [-0.15, -0.1) is 0 Å². The Morgan fingerprint density at radius 1 is 1.50 bits per heavy atom. The molecule has 0 aromatic heterocycles. The molecule has 0 aliphatic carbocycles. The Labute approximate surface area is 97.5 Å². The fourth-order valence-electron chi connectivity index (χ4n) is 1.34. The molecule has 0 bridgehead atoms. The van der Waals surface area contributed by atoms with Crippen LogP contribution in [0.5, 0.6) is 0 Å². The molecule has 0 amide bonds. The van der Waals surface area contributed by atoms with Gasteiger partial charge in [-0.3, -0.25) is 4.79 Å². The summed E-state index contributed by atoms with van der Waals surface area (Å²) in [6.45, 7) is 1.48. The van der Waals surface area contributed by atoms with Crippen molar-refractivity contribution in [2.45, 2.75) is 19.4 Å². The van der Waals surface area contributed by atoms with Crippen LogP contribution in [-0.4, -0.2) is 16.2 Å². The zero-order chi connectivity index (χ0) is 12.3. The standard InChI is InChI=1S/C11H12ClFO3/c1-6(11(15)16)2-10(14)7-3-8(12)5-9(13)4-7/h3-6,10,14H,2H2,1H3,(H,15,16). The van der Waals surface area contributed by atoms with Crippen LogP contribution in [-0.2, 0) is 4.79 Å². The molecular weight excluding hydrogens is 235 g/mol. The Morgan fingerprint density at radius 2 is 2.12 bits per heavy atom. The molecule has 0 saturated heterocycles. The molecule has 5 heteroatoms. The SMILES string of the molecule is CC(CC(O)c1cc(F)cc(Cl)c1)C(=O)O. The van der Waals surface area contributed by atoms with Gasteiger partial charge in [-0.1, -0.05) is 18.5 Å². The third-order valence-electron chi connectivity index (χ3n) is 2.27. The van der Waals surface area contributed by atoms with Gasteiger partial charge in [-0.2, -0.15) is 0 Å². The van der Waals surface area contributed by atoms with E-state index in [-0.39, 0.29) is 17.0 Å². The molecule has 0 fully saturated rings. The molecule has 1 rings (SSSR count). The average molecular weight is 247 g/mol. The summed E-state index contributed by atoms with van der Waals surface area (Å²) in [4.78, 5) is 10.6. The van der Waals surface area contributed by atoms with Crippen molar-refractivity contribution >= 4 is 17.6 Å². The van der Waals surface area contributed by atoms with Crippen LogP contribution in [0.4, 0.5) is 4.39 Å². The van der Waals surface area contributed by atoms with Crippen LogP contribution >= 0.6 is 11.6 Å². The fourth-order valence-corrected chi connectivity index (χ4v) is 1.57. The first kappa shape index (κ1) is 12.9. The largest absolute Gasteiger partial charge is 0.481 e. The van der Waals surface area contributed by atoms with Gasteiger partial charge in [0, 0.05) is 5.02 Å². The van der Waals surface area contributed by atoms with Gasteiger partial charge in [0.05, 0.1) is 12.0 Å². The number of hydrogen-bond donors (Lipinski definition) is 2. The van der Waals surface area contributed by atoms with E-state index in [9.17, 15) is 14.3 Å². The second kappa shape index (κ2) is 5.27. The van der Waals surface area contributed by atoms with Crippen LogP contribution in [0.3, 0.4) is 0 Å². The van der Waals surface area contributed by atoms with Gasteiger partial charge in [0.2, 0.25) is 0 Å². The van der Waals surface area contributed by atoms with Crippen molar-refractivity contribution in [2.24, 2.45) is 5.92 Å². The van der Waals surface area contributed by atoms with E-state index in [0.717, 1.165) is 12.1 Å². The molecule has 0 aliphatic heterocycles. The molecule has 0 spiro atoms. The van der Waals surface area contributed by atoms with E-state index in [2.05, 4.69) is 0 Å². The smallest absolute Gasteiger partial charge is 0.306 e. The minimum atomic E-state index is -1.03. The highest BCUT2D eigenvalue weighted by molar-refractivity contribution is 6.30. The van der Waals surface area contributed by atoms with Gasteiger partial charge in [-0.05, 0) is 30.2 Å². The Bertz CT molecular complexity index is 375. The molecule has 16 heavy (non-hydrogen) atoms. The summed E-state index contributed by atoms with van der Waals surface area (Å²) in [6.07, 6.45) is -1.01. The number of hydrogen-bond acceptors (Lipinski definition) is 2. The lowest BCUT2D eigenvalue weighted by molar-refractivity contribution is -0.142. The first-order valence-electron chi connectivity index (χ1n) is 4.77. The first-order chi connectivity index (χ1) is 7.40. The van der Waals surface area contributed by atoms with E-state index >= 15 is 0 Å². The van der Waals surface area contributed by atoms with Crippen LogP contribution in [0.25, 0.3) is 0 Å². The number of carboxylic acids is 1. The van der Waals surface area contributed by atoms with E-state index in [1.54, 1.807) is 0 Å². The van der Waals surface area contributed by atoms with Crippen molar-refractivity contribution in [3.05, 3.63) is 34.6 Å². The number of rotatable bonds is 4. The van der Waals surface area contributed by atoms with Gasteiger partial charge in [0.1, 0.15) is 5.82 Å². The molecule has 0 saturated carbocycles. The maximum Gasteiger partial charge on any atom is 0.306 e. The number of aliphatic hydroxyl groups excluding tert-OH is 1. The predicted molar refractivity (Wildman–Crippen MR) is 57.8 cm³/mol. The first-order valence-corrected chi connectivity index (χ1v) is 5.15. The molecule has 0 heterocycles. The average Bonchev–Trinajstić information content (AvgIpc) is 2.15. The monoisotopic (exact) mass is 246 g/mol. The normalized spacial score (nSPS) is 14.5. The molecule has 3 nitrogen and oxygen atoms in total. The van der Waals surface area contributed by atoms with Crippen LogP contribution < -0.4 is 0 Å². The summed E-state index contributed by atoms with van der Waals surface area (Å²) in [5.41, 5.74) is 0.290. The maximum absolute atomic E-state index is 13.0. The highest BCUT2D eigenvalue weighted by Gasteiger charge is 2.18. The maximum atomic E-state index is 13.0. The van der Waals surface area contributed by atoms with Crippen molar-refractivity contribution in [1.29, 1.82) is 0 Å². The van der Waals surface area contributed by atoms with Crippen molar-refractivity contribution < 1.29 is 19.4 Å². The lowest BCUT2D eigenvalue weighted by Crippen LogP contribution is -2.13. The number of halogens is 2. The Balaban J connectivity index is 2.80. The lowest BCUT2D eigenvalue weighted by atomic mass is 9.98. The Hall–Kier alpha value is -1.13. The van der Waals surface area contributed by atoms with E-state index < -0.39 is 23.8 Å². The molecule has 88 valence electrons. The van der Waals surface area contributed by atoms with Crippen LogP contribution in [0, 0.1) is 11.7 Å². The fraction of sp³-hybridized carbons (Fsp3) is 0.364. The summed E-state index contributed by atoms with van der Waals surface area (Å²) in [7, 11) is 0. The van der Waals surface area contributed by atoms with E-state index in [0.29, 0.717) is 0 Å². The summed E-state index contributed by atoms with van der Waals surface area (Å²) in [5.74, 6) is -2.25. The lowest BCUT2D eigenvalue weighted by Gasteiger charge is -2.14. The van der Waals surface area contributed by atoms with Gasteiger partial charge < -0.3 is 10.2 Å². The highest BCUT2D eigenvalue weighted by Crippen LogP contribution is 2.24. The van der Waals surface area contributed by atoms with Crippen LogP contribution in [0.15, 0.2) is 18.2 Å². The van der Waals surface area contributed by atoms with Crippen molar-refractivity contribution in [1.82, 2.24) is 0 Å². The molecule has 0 aliphatic rings. The van der Waals surface area contributed by atoms with E-state index in [4.69, 9.17) is 16.7 Å². The molecule has 1 aromatic carbocycles. The van der Waals surface area contributed by atoms with Gasteiger partial charge in [0.25, 0.3) is 0 Å².